The van der Waals surface area contributed by atoms with Crippen molar-refractivity contribution in [2.75, 3.05) is 36.4 Å². The monoisotopic (exact) mass is 468 g/mol. The Kier molecular flexibility index (Phi) is 6.39. The van der Waals surface area contributed by atoms with Crippen molar-refractivity contribution in [1.82, 2.24) is 15.3 Å². The second kappa shape index (κ2) is 9.59. The number of benzene rings is 1. The summed E-state index contributed by atoms with van der Waals surface area (Å²) in [7, 11) is 4.14. The molecule has 1 aromatic heterocycles. The molecule has 3 aliphatic rings. The van der Waals surface area contributed by atoms with Gasteiger partial charge in [0, 0.05) is 43.5 Å². The van der Waals surface area contributed by atoms with Gasteiger partial charge in [-0.25, -0.2) is 4.98 Å². The highest BCUT2D eigenvalue weighted by atomic mass is 32.1. The fraction of sp³-hybridized carbons (Fsp3) is 0.542. The lowest BCUT2D eigenvalue weighted by Crippen LogP contribution is -2.42. The van der Waals surface area contributed by atoms with Gasteiger partial charge in [-0.3, -0.25) is 0 Å². The van der Waals surface area contributed by atoms with Crippen LogP contribution in [0.15, 0.2) is 18.2 Å². The molecular formula is C24H32N6O2S. The third-order valence-corrected chi connectivity index (χ3v) is 6.83. The maximum Gasteiger partial charge on any atom is 0.231 e. The SMILES string of the molecule is CN(C)c1nc(N[C@H]2CC[C@@H](NC(=S)Nc3ccc4c(c3)OCO4)CC2)nc2c1CCCC2. The number of aryl methyl sites for hydroxylation is 1. The molecule has 3 N–H and O–H groups in total. The van der Waals surface area contributed by atoms with E-state index in [9.17, 15) is 0 Å². The number of thiocarbonyl (C=S) groups is 1. The minimum Gasteiger partial charge on any atom is -0.454 e. The molecule has 0 unspecified atom stereocenters. The largest absolute Gasteiger partial charge is 0.454 e. The standard InChI is InChI=1S/C24H32N6O2S/c1-30(2)22-18-5-3-4-6-19(18)28-23(29-22)25-15-7-9-16(10-8-15)26-24(33)27-17-11-12-20-21(13-17)32-14-31-20/h11-13,15-16H,3-10,14H2,1-2H3,(H,25,28,29)(H2,26,27,33)/t15-,16+. The van der Waals surface area contributed by atoms with E-state index in [-0.39, 0.29) is 6.79 Å². The summed E-state index contributed by atoms with van der Waals surface area (Å²) in [6, 6.07) is 6.50. The molecule has 2 aromatic rings. The summed E-state index contributed by atoms with van der Waals surface area (Å²) in [6.45, 7) is 0.270. The number of nitrogens with one attached hydrogen (secondary N) is 3. The summed E-state index contributed by atoms with van der Waals surface area (Å²) in [5, 5.41) is 11.0. The Balaban J connectivity index is 1.13. The number of fused-ring (bicyclic) bond motifs is 2. The molecule has 0 atom stereocenters. The van der Waals surface area contributed by atoms with Gasteiger partial charge in [0.25, 0.3) is 0 Å². The van der Waals surface area contributed by atoms with Crippen molar-refractivity contribution in [2.24, 2.45) is 0 Å². The van der Waals surface area contributed by atoms with E-state index >= 15 is 0 Å². The molecule has 0 radical (unpaired) electrons. The lowest BCUT2D eigenvalue weighted by Gasteiger charge is -2.31. The van der Waals surface area contributed by atoms with Crippen LogP contribution in [0, 0.1) is 0 Å². The second-order valence-electron chi connectivity index (χ2n) is 9.26. The quantitative estimate of drug-likeness (QED) is 0.567. The van der Waals surface area contributed by atoms with Crippen molar-refractivity contribution >= 4 is 34.8 Å². The van der Waals surface area contributed by atoms with Gasteiger partial charge in [0.1, 0.15) is 5.82 Å². The minimum atomic E-state index is 0.270. The number of hydrogen-bond donors (Lipinski definition) is 3. The fourth-order valence-electron chi connectivity index (χ4n) is 4.90. The van der Waals surface area contributed by atoms with Gasteiger partial charge in [-0.1, -0.05) is 0 Å². The molecule has 5 rings (SSSR count). The maximum atomic E-state index is 5.54. The van der Waals surface area contributed by atoms with Crippen molar-refractivity contribution in [2.45, 2.75) is 63.5 Å². The molecule has 1 aliphatic heterocycles. The van der Waals surface area contributed by atoms with Crippen LogP contribution in [0.4, 0.5) is 17.5 Å². The van der Waals surface area contributed by atoms with Crippen molar-refractivity contribution in [1.29, 1.82) is 0 Å². The smallest absolute Gasteiger partial charge is 0.231 e. The molecule has 0 bridgehead atoms. The Morgan fingerprint density at radius 2 is 1.76 bits per heavy atom. The van der Waals surface area contributed by atoms with Gasteiger partial charge in [0.05, 0.1) is 5.69 Å². The van der Waals surface area contributed by atoms with Crippen molar-refractivity contribution in [3.05, 3.63) is 29.5 Å². The van der Waals surface area contributed by atoms with Gasteiger partial charge in [-0.05, 0) is 75.7 Å². The summed E-state index contributed by atoms with van der Waals surface area (Å²) in [4.78, 5) is 11.8. The van der Waals surface area contributed by atoms with Crippen LogP contribution in [0.25, 0.3) is 0 Å². The summed E-state index contributed by atoms with van der Waals surface area (Å²) >= 11 is 5.54. The molecule has 1 aromatic carbocycles. The van der Waals surface area contributed by atoms with Crippen molar-refractivity contribution in [3.63, 3.8) is 0 Å². The van der Waals surface area contributed by atoms with Gasteiger partial charge in [-0.15, -0.1) is 0 Å². The van der Waals surface area contributed by atoms with Crippen LogP contribution >= 0.6 is 12.2 Å². The van der Waals surface area contributed by atoms with Crippen LogP contribution in [0.5, 0.6) is 11.5 Å². The Hall–Kier alpha value is -2.81. The molecule has 8 nitrogen and oxygen atoms in total. The normalized spacial score (nSPS) is 21.2. The highest BCUT2D eigenvalue weighted by Gasteiger charge is 2.24. The van der Waals surface area contributed by atoms with E-state index in [1.165, 1.54) is 24.1 Å². The van der Waals surface area contributed by atoms with Crippen LogP contribution in [0.3, 0.4) is 0 Å². The molecule has 33 heavy (non-hydrogen) atoms. The number of rotatable bonds is 5. The molecule has 2 aliphatic carbocycles. The first-order valence-electron chi connectivity index (χ1n) is 11.9. The summed E-state index contributed by atoms with van der Waals surface area (Å²) in [5.74, 6) is 3.36. The van der Waals surface area contributed by atoms with E-state index in [1.807, 2.05) is 18.2 Å². The Bertz CT molecular complexity index is 1020. The van der Waals surface area contributed by atoms with Crippen molar-refractivity contribution in [3.8, 4) is 11.5 Å². The molecule has 176 valence electrons. The topological polar surface area (TPSA) is 83.6 Å². The molecule has 1 saturated carbocycles. The average Bonchev–Trinajstić information content (AvgIpc) is 3.27. The second-order valence-corrected chi connectivity index (χ2v) is 9.67. The molecule has 2 heterocycles. The number of nitrogens with zero attached hydrogens (tertiary/aromatic N) is 3. The lowest BCUT2D eigenvalue weighted by molar-refractivity contribution is 0.174. The van der Waals surface area contributed by atoms with Crippen LogP contribution in [0.2, 0.25) is 0 Å². The number of aromatic nitrogens is 2. The van der Waals surface area contributed by atoms with Gasteiger partial charge in [0.2, 0.25) is 12.7 Å². The Labute approximate surface area is 200 Å². The first kappa shape index (κ1) is 22.0. The molecule has 1 fully saturated rings. The van der Waals surface area contributed by atoms with Crippen LogP contribution in [-0.4, -0.2) is 48.1 Å². The molecular weight excluding hydrogens is 436 g/mol. The van der Waals surface area contributed by atoms with Crippen LogP contribution < -0.4 is 30.3 Å². The highest BCUT2D eigenvalue weighted by molar-refractivity contribution is 7.80. The molecule has 0 amide bonds. The molecule has 9 heteroatoms. The highest BCUT2D eigenvalue weighted by Crippen LogP contribution is 2.34. The number of hydrogen-bond acceptors (Lipinski definition) is 7. The zero-order valence-corrected chi connectivity index (χ0v) is 20.1. The van der Waals surface area contributed by atoms with Gasteiger partial charge < -0.3 is 30.3 Å². The van der Waals surface area contributed by atoms with E-state index in [0.717, 1.165) is 67.5 Å². The van der Waals surface area contributed by atoms with Gasteiger partial charge in [0.15, 0.2) is 16.6 Å². The van der Waals surface area contributed by atoms with Gasteiger partial charge >= 0.3 is 0 Å². The van der Waals surface area contributed by atoms with E-state index in [4.69, 9.17) is 31.7 Å². The molecule has 0 spiro atoms. The number of ether oxygens (including phenoxy) is 2. The average molecular weight is 469 g/mol. The van der Waals surface area contributed by atoms with E-state index < -0.39 is 0 Å². The van der Waals surface area contributed by atoms with Crippen molar-refractivity contribution < 1.29 is 9.47 Å². The zero-order valence-electron chi connectivity index (χ0n) is 19.3. The minimum absolute atomic E-state index is 0.270. The summed E-state index contributed by atoms with van der Waals surface area (Å²) < 4.78 is 10.8. The Morgan fingerprint density at radius 1 is 1.00 bits per heavy atom. The fourth-order valence-corrected chi connectivity index (χ4v) is 5.18. The summed E-state index contributed by atoms with van der Waals surface area (Å²) in [6.07, 6.45) is 8.79. The van der Waals surface area contributed by atoms with Crippen LogP contribution in [0.1, 0.15) is 49.8 Å². The predicted octanol–water partition coefficient (Wildman–Crippen LogP) is 3.86. The van der Waals surface area contributed by atoms with E-state index in [2.05, 4.69) is 34.9 Å². The maximum absolute atomic E-state index is 5.54. The van der Waals surface area contributed by atoms with Crippen LogP contribution in [-0.2, 0) is 12.8 Å². The third kappa shape index (κ3) is 5.08. The Morgan fingerprint density at radius 3 is 2.58 bits per heavy atom. The first-order valence-corrected chi connectivity index (χ1v) is 12.3. The lowest BCUT2D eigenvalue weighted by atomic mass is 9.91. The van der Waals surface area contributed by atoms with E-state index in [0.29, 0.717) is 17.2 Å². The zero-order chi connectivity index (χ0) is 22.8. The summed E-state index contributed by atoms with van der Waals surface area (Å²) in [5.41, 5.74) is 3.44. The predicted molar refractivity (Wildman–Crippen MR) is 135 cm³/mol. The third-order valence-electron chi connectivity index (χ3n) is 6.61. The number of anilines is 3. The van der Waals surface area contributed by atoms with E-state index in [1.54, 1.807) is 0 Å². The first-order chi connectivity index (χ1) is 16.0. The van der Waals surface area contributed by atoms with Gasteiger partial charge in [-0.2, -0.15) is 4.98 Å². The molecule has 0 saturated heterocycles.